The normalized spacial score (nSPS) is 31.5. The van der Waals surface area contributed by atoms with Crippen LogP contribution in [0.25, 0.3) is 0 Å². The van der Waals surface area contributed by atoms with E-state index in [2.05, 4.69) is 38.3 Å². The van der Waals surface area contributed by atoms with Gasteiger partial charge in [0.2, 0.25) is 0 Å². The zero-order valence-corrected chi connectivity index (χ0v) is 19.3. The lowest BCUT2D eigenvalue weighted by Gasteiger charge is -2.40. The van der Waals surface area contributed by atoms with Crippen molar-refractivity contribution in [3.63, 3.8) is 0 Å². The highest BCUT2D eigenvalue weighted by molar-refractivity contribution is 6.08. The van der Waals surface area contributed by atoms with Crippen LogP contribution in [0.2, 0.25) is 0 Å². The Morgan fingerprint density at radius 3 is 2.39 bits per heavy atom. The molecule has 174 valence electrons. The van der Waals surface area contributed by atoms with Crippen LogP contribution >= 0.6 is 0 Å². The SMILES string of the molecule is C[C@@H]1CCCC[C@@H]1NC(=O)COC(=O)CN1C(=O)NC2(CCC(C(C)(C)C)CC2)C1=O. The molecule has 4 amide bonds. The van der Waals surface area contributed by atoms with Crippen molar-refractivity contribution in [2.75, 3.05) is 13.2 Å². The molecule has 8 nitrogen and oxygen atoms in total. The lowest BCUT2D eigenvalue weighted by atomic mass is 9.67. The van der Waals surface area contributed by atoms with Crippen LogP contribution in [-0.2, 0) is 19.1 Å². The van der Waals surface area contributed by atoms with E-state index in [9.17, 15) is 19.2 Å². The molecule has 0 aromatic carbocycles. The summed E-state index contributed by atoms with van der Waals surface area (Å²) in [4.78, 5) is 50.7. The molecule has 0 bridgehead atoms. The number of imide groups is 1. The summed E-state index contributed by atoms with van der Waals surface area (Å²) in [5, 5.41) is 5.74. The molecule has 1 spiro atoms. The molecular weight excluding hydrogens is 398 g/mol. The molecule has 3 aliphatic rings. The molecule has 2 N–H and O–H groups in total. The summed E-state index contributed by atoms with van der Waals surface area (Å²) in [6, 6.07) is -0.453. The van der Waals surface area contributed by atoms with Crippen molar-refractivity contribution in [2.45, 2.75) is 90.6 Å². The molecule has 0 aromatic heterocycles. The van der Waals surface area contributed by atoms with Crippen LogP contribution in [0.1, 0.15) is 79.1 Å². The molecule has 2 aliphatic carbocycles. The Bertz CT molecular complexity index is 721. The molecule has 0 radical (unpaired) electrons. The summed E-state index contributed by atoms with van der Waals surface area (Å²) in [6.07, 6.45) is 7.13. The highest BCUT2D eigenvalue weighted by atomic mass is 16.5. The Labute approximate surface area is 184 Å². The predicted octanol–water partition coefficient (Wildman–Crippen LogP) is 2.75. The molecule has 1 heterocycles. The zero-order chi connectivity index (χ0) is 22.8. The first-order chi connectivity index (χ1) is 14.5. The number of nitrogens with zero attached hydrogens (tertiary/aromatic N) is 1. The second-order valence-corrected chi connectivity index (χ2v) is 10.6. The number of nitrogens with one attached hydrogen (secondary N) is 2. The van der Waals surface area contributed by atoms with Gasteiger partial charge in [0.05, 0.1) is 0 Å². The topological polar surface area (TPSA) is 105 Å². The number of carbonyl (C=O) groups is 4. The Morgan fingerprint density at radius 2 is 1.77 bits per heavy atom. The maximum absolute atomic E-state index is 13.0. The number of ether oxygens (including phenoxy) is 1. The van der Waals surface area contributed by atoms with E-state index in [-0.39, 0.29) is 23.3 Å². The second-order valence-electron chi connectivity index (χ2n) is 10.6. The summed E-state index contributed by atoms with van der Waals surface area (Å²) in [6.45, 7) is 7.82. The van der Waals surface area contributed by atoms with Crippen LogP contribution in [0, 0.1) is 17.3 Å². The molecular formula is C23H37N3O5. The summed E-state index contributed by atoms with van der Waals surface area (Å²) in [7, 11) is 0. The van der Waals surface area contributed by atoms with E-state index >= 15 is 0 Å². The molecule has 1 saturated heterocycles. The fourth-order valence-corrected chi connectivity index (χ4v) is 5.24. The average Bonchev–Trinajstić information content (AvgIpc) is 2.92. The minimum atomic E-state index is -0.909. The fraction of sp³-hybridized carbons (Fsp3) is 0.826. The highest BCUT2D eigenvalue weighted by Crippen LogP contribution is 2.43. The molecule has 31 heavy (non-hydrogen) atoms. The van der Waals surface area contributed by atoms with Crippen LogP contribution in [0.5, 0.6) is 0 Å². The minimum absolute atomic E-state index is 0.106. The van der Waals surface area contributed by atoms with E-state index in [1.807, 2.05) is 0 Å². The third-order valence-corrected chi connectivity index (χ3v) is 7.42. The van der Waals surface area contributed by atoms with Crippen LogP contribution in [0.4, 0.5) is 4.79 Å². The highest BCUT2D eigenvalue weighted by Gasteiger charge is 2.53. The van der Waals surface area contributed by atoms with Gasteiger partial charge in [-0.15, -0.1) is 0 Å². The number of hydrogen-bond acceptors (Lipinski definition) is 5. The van der Waals surface area contributed by atoms with Gasteiger partial charge >= 0.3 is 12.0 Å². The molecule has 0 aromatic rings. The van der Waals surface area contributed by atoms with Crippen molar-refractivity contribution in [1.29, 1.82) is 0 Å². The quantitative estimate of drug-likeness (QED) is 0.510. The van der Waals surface area contributed by atoms with Crippen LogP contribution < -0.4 is 10.6 Å². The number of amides is 4. The maximum atomic E-state index is 13.0. The van der Waals surface area contributed by atoms with Gasteiger partial charge in [-0.1, -0.05) is 40.5 Å². The number of hydrogen-bond donors (Lipinski definition) is 2. The summed E-state index contributed by atoms with van der Waals surface area (Å²) in [5.74, 6) is -0.560. The Morgan fingerprint density at radius 1 is 1.13 bits per heavy atom. The predicted molar refractivity (Wildman–Crippen MR) is 115 cm³/mol. The van der Waals surface area contributed by atoms with Crippen molar-refractivity contribution >= 4 is 23.8 Å². The molecule has 3 fully saturated rings. The lowest BCUT2D eigenvalue weighted by Crippen LogP contribution is -2.50. The summed E-state index contributed by atoms with van der Waals surface area (Å²) in [5.41, 5.74) is -0.750. The van der Waals surface area contributed by atoms with Gasteiger partial charge in [-0.05, 0) is 55.8 Å². The van der Waals surface area contributed by atoms with Gasteiger partial charge in [-0.2, -0.15) is 0 Å². The van der Waals surface area contributed by atoms with Gasteiger partial charge in [0.1, 0.15) is 12.1 Å². The first-order valence-corrected chi connectivity index (χ1v) is 11.6. The zero-order valence-electron chi connectivity index (χ0n) is 19.3. The Balaban J connectivity index is 1.47. The summed E-state index contributed by atoms with van der Waals surface area (Å²) < 4.78 is 5.05. The smallest absolute Gasteiger partial charge is 0.326 e. The van der Waals surface area contributed by atoms with Crippen LogP contribution in [-0.4, -0.2) is 53.4 Å². The average molecular weight is 436 g/mol. The van der Waals surface area contributed by atoms with Crippen molar-refractivity contribution in [1.82, 2.24) is 15.5 Å². The molecule has 0 unspecified atom stereocenters. The van der Waals surface area contributed by atoms with Gasteiger partial charge in [-0.3, -0.25) is 19.3 Å². The van der Waals surface area contributed by atoms with Crippen molar-refractivity contribution in [2.24, 2.45) is 17.3 Å². The van der Waals surface area contributed by atoms with Gasteiger partial charge in [0.15, 0.2) is 6.61 Å². The minimum Gasteiger partial charge on any atom is -0.454 e. The molecule has 2 saturated carbocycles. The first kappa shape index (κ1) is 23.5. The van der Waals surface area contributed by atoms with E-state index in [0.717, 1.165) is 37.0 Å². The van der Waals surface area contributed by atoms with E-state index in [4.69, 9.17) is 4.74 Å². The standard InChI is InChI=1S/C23H37N3O5/c1-15-7-5-6-8-17(15)24-18(27)14-31-19(28)13-26-20(29)23(25-21(26)30)11-9-16(10-12-23)22(2,3)4/h15-17H,5-14H2,1-4H3,(H,24,27)(H,25,30)/t15-,16?,17+,23?/m1/s1. The second kappa shape index (κ2) is 9.17. The van der Waals surface area contributed by atoms with E-state index in [1.165, 1.54) is 6.42 Å². The number of urea groups is 1. The molecule has 2 atom stereocenters. The van der Waals surface area contributed by atoms with Gasteiger partial charge in [0.25, 0.3) is 11.8 Å². The number of carbonyl (C=O) groups excluding carboxylic acids is 4. The first-order valence-electron chi connectivity index (χ1n) is 11.6. The molecule has 3 rings (SSSR count). The molecule has 1 aliphatic heterocycles. The lowest BCUT2D eigenvalue weighted by molar-refractivity contribution is -0.151. The Hall–Kier alpha value is -2.12. The molecule has 8 heteroatoms. The summed E-state index contributed by atoms with van der Waals surface area (Å²) >= 11 is 0. The number of esters is 1. The maximum Gasteiger partial charge on any atom is 0.326 e. The monoisotopic (exact) mass is 435 g/mol. The third kappa shape index (κ3) is 5.39. The van der Waals surface area contributed by atoms with Gasteiger partial charge in [0, 0.05) is 6.04 Å². The fourth-order valence-electron chi connectivity index (χ4n) is 5.24. The van der Waals surface area contributed by atoms with Crippen molar-refractivity contribution < 1.29 is 23.9 Å². The van der Waals surface area contributed by atoms with E-state index in [1.54, 1.807) is 0 Å². The van der Waals surface area contributed by atoms with Gasteiger partial charge < -0.3 is 15.4 Å². The number of rotatable bonds is 5. The largest absolute Gasteiger partial charge is 0.454 e. The Kier molecular flexibility index (Phi) is 6.96. The van der Waals surface area contributed by atoms with Gasteiger partial charge in [-0.25, -0.2) is 4.79 Å². The third-order valence-electron chi connectivity index (χ3n) is 7.42. The van der Waals surface area contributed by atoms with Crippen LogP contribution in [0.15, 0.2) is 0 Å². The van der Waals surface area contributed by atoms with E-state index < -0.39 is 30.7 Å². The van der Waals surface area contributed by atoms with Crippen LogP contribution in [0.3, 0.4) is 0 Å². The van der Waals surface area contributed by atoms with Crippen molar-refractivity contribution in [3.05, 3.63) is 0 Å². The van der Waals surface area contributed by atoms with Crippen molar-refractivity contribution in [3.8, 4) is 0 Å². The van der Waals surface area contributed by atoms with E-state index in [0.29, 0.717) is 24.7 Å².